The van der Waals surface area contributed by atoms with E-state index in [-0.39, 0.29) is 11.4 Å². The van der Waals surface area contributed by atoms with Gasteiger partial charge in [-0.3, -0.25) is 4.79 Å². The van der Waals surface area contributed by atoms with Crippen LogP contribution in [0.25, 0.3) is 0 Å². The molecule has 20 heavy (non-hydrogen) atoms. The molecular formula is C16H31N3O. The highest BCUT2D eigenvalue weighted by Crippen LogP contribution is 2.33. The van der Waals surface area contributed by atoms with Crippen molar-refractivity contribution in [2.24, 2.45) is 11.7 Å². The third kappa shape index (κ3) is 3.95. The molecule has 2 fully saturated rings. The first-order chi connectivity index (χ1) is 9.56. The minimum absolute atomic E-state index is 0.171. The number of carbonyl (C=O) groups excluding carboxylic acids is 1. The molecular weight excluding hydrogens is 250 g/mol. The maximum atomic E-state index is 12.3. The molecule has 1 amide bonds. The first-order valence-corrected chi connectivity index (χ1v) is 8.35. The molecule has 0 unspecified atom stereocenters. The third-order valence-electron chi connectivity index (χ3n) is 5.23. The van der Waals surface area contributed by atoms with Crippen molar-refractivity contribution in [1.29, 1.82) is 0 Å². The molecule has 0 aromatic carbocycles. The highest BCUT2D eigenvalue weighted by Gasteiger charge is 2.36. The number of piperidine rings is 1. The molecule has 2 N–H and O–H groups in total. The number of hydrogen-bond donors (Lipinski definition) is 1. The number of nitrogens with zero attached hydrogens (tertiary/aromatic N) is 2. The molecule has 0 spiro atoms. The van der Waals surface area contributed by atoms with E-state index in [2.05, 4.69) is 18.7 Å². The quantitative estimate of drug-likeness (QED) is 0.808. The molecule has 1 saturated heterocycles. The van der Waals surface area contributed by atoms with Crippen LogP contribution < -0.4 is 5.73 Å². The molecule has 1 aliphatic carbocycles. The van der Waals surface area contributed by atoms with E-state index >= 15 is 0 Å². The van der Waals surface area contributed by atoms with Crippen LogP contribution in [0.1, 0.15) is 52.4 Å². The summed E-state index contributed by atoms with van der Waals surface area (Å²) in [4.78, 5) is 16.8. The van der Waals surface area contributed by atoms with Crippen LogP contribution >= 0.6 is 0 Å². The second kappa shape index (κ2) is 6.90. The van der Waals surface area contributed by atoms with Gasteiger partial charge in [-0.15, -0.1) is 0 Å². The molecule has 1 saturated carbocycles. The Hall–Kier alpha value is -0.610. The summed E-state index contributed by atoms with van der Waals surface area (Å²) in [5.41, 5.74) is 6.01. The molecule has 2 rings (SSSR count). The van der Waals surface area contributed by atoms with Gasteiger partial charge in [0.05, 0.1) is 0 Å². The van der Waals surface area contributed by atoms with Crippen LogP contribution in [0, 0.1) is 5.92 Å². The lowest BCUT2D eigenvalue weighted by molar-refractivity contribution is -0.134. The normalized spacial score (nSPS) is 22.9. The first-order valence-electron chi connectivity index (χ1n) is 8.35. The van der Waals surface area contributed by atoms with Crippen molar-refractivity contribution in [1.82, 2.24) is 9.80 Å². The van der Waals surface area contributed by atoms with E-state index in [0.29, 0.717) is 6.42 Å². The van der Waals surface area contributed by atoms with Gasteiger partial charge in [0.2, 0.25) is 5.91 Å². The summed E-state index contributed by atoms with van der Waals surface area (Å²) in [6.45, 7) is 9.76. The van der Waals surface area contributed by atoms with Crippen molar-refractivity contribution in [2.45, 2.75) is 57.9 Å². The average molecular weight is 281 g/mol. The number of amides is 1. The maximum absolute atomic E-state index is 12.3. The van der Waals surface area contributed by atoms with Crippen molar-refractivity contribution in [2.75, 3.05) is 32.7 Å². The molecule has 1 aliphatic heterocycles. The predicted molar refractivity (Wildman–Crippen MR) is 82.5 cm³/mol. The maximum Gasteiger partial charge on any atom is 0.224 e. The Morgan fingerprint density at radius 2 is 1.85 bits per heavy atom. The fourth-order valence-corrected chi connectivity index (χ4v) is 3.43. The van der Waals surface area contributed by atoms with Crippen molar-refractivity contribution in [3.8, 4) is 0 Å². The zero-order valence-corrected chi connectivity index (χ0v) is 13.2. The summed E-state index contributed by atoms with van der Waals surface area (Å²) in [6.07, 6.45) is 6.11. The van der Waals surface area contributed by atoms with Gasteiger partial charge in [0.1, 0.15) is 0 Å². The summed E-state index contributed by atoms with van der Waals surface area (Å²) >= 11 is 0. The number of nitrogens with two attached hydrogens (primary N) is 1. The lowest BCUT2D eigenvalue weighted by atomic mass is 9.75. The number of likely N-dealkylation sites (tertiary alicyclic amines) is 1. The number of carbonyl (C=O) groups is 1. The number of hydrogen-bond acceptors (Lipinski definition) is 3. The van der Waals surface area contributed by atoms with Gasteiger partial charge < -0.3 is 15.5 Å². The zero-order chi connectivity index (χ0) is 14.6. The van der Waals surface area contributed by atoms with E-state index in [4.69, 9.17) is 5.73 Å². The van der Waals surface area contributed by atoms with Crippen molar-refractivity contribution in [3.63, 3.8) is 0 Å². The summed E-state index contributed by atoms with van der Waals surface area (Å²) in [5.74, 6) is 1.04. The van der Waals surface area contributed by atoms with Crippen LogP contribution in [0.3, 0.4) is 0 Å². The van der Waals surface area contributed by atoms with Gasteiger partial charge in [0.25, 0.3) is 0 Å². The summed E-state index contributed by atoms with van der Waals surface area (Å²) in [6, 6.07) is 0. The van der Waals surface area contributed by atoms with Gasteiger partial charge >= 0.3 is 0 Å². The minimum atomic E-state index is -0.171. The molecule has 116 valence electrons. The van der Waals surface area contributed by atoms with Crippen LogP contribution in [0.5, 0.6) is 0 Å². The average Bonchev–Trinajstić information content (AvgIpc) is 2.43. The molecule has 0 bridgehead atoms. The molecule has 4 heteroatoms. The van der Waals surface area contributed by atoms with E-state index in [1.807, 2.05) is 4.90 Å². The van der Waals surface area contributed by atoms with Crippen LogP contribution in [-0.4, -0.2) is 54.0 Å². The van der Waals surface area contributed by atoms with Gasteiger partial charge in [0, 0.05) is 31.6 Å². The number of rotatable bonds is 6. The zero-order valence-electron chi connectivity index (χ0n) is 13.2. The summed E-state index contributed by atoms with van der Waals surface area (Å²) in [7, 11) is 0. The Morgan fingerprint density at radius 1 is 1.25 bits per heavy atom. The highest BCUT2D eigenvalue weighted by atomic mass is 16.2. The second-order valence-corrected chi connectivity index (χ2v) is 6.70. The van der Waals surface area contributed by atoms with Crippen LogP contribution in [0.2, 0.25) is 0 Å². The molecule has 0 radical (unpaired) electrons. The van der Waals surface area contributed by atoms with E-state index < -0.39 is 0 Å². The fraction of sp³-hybridized carbons (Fsp3) is 0.938. The van der Waals surface area contributed by atoms with Crippen molar-refractivity contribution >= 4 is 5.91 Å². The largest absolute Gasteiger partial charge is 0.343 e. The summed E-state index contributed by atoms with van der Waals surface area (Å²) in [5, 5.41) is 0. The Balaban J connectivity index is 1.72. The van der Waals surface area contributed by atoms with Gasteiger partial charge in [-0.05, 0) is 51.1 Å². The van der Waals surface area contributed by atoms with Gasteiger partial charge in [-0.2, -0.15) is 0 Å². The monoisotopic (exact) mass is 281 g/mol. The topological polar surface area (TPSA) is 49.6 Å². The highest BCUT2D eigenvalue weighted by molar-refractivity contribution is 5.77. The Kier molecular flexibility index (Phi) is 5.44. The van der Waals surface area contributed by atoms with Gasteiger partial charge in [0.15, 0.2) is 0 Å². The molecule has 1 heterocycles. The predicted octanol–water partition coefficient (Wildman–Crippen LogP) is 1.84. The minimum Gasteiger partial charge on any atom is -0.343 e. The van der Waals surface area contributed by atoms with Gasteiger partial charge in [-0.25, -0.2) is 0 Å². The Morgan fingerprint density at radius 3 is 2.30 bits per heavy atom. The molecule has 0 atom stereocenters. The van der Waals surface area contributed by atoms with E-state index in [9.17, 15) is 4.79 Å². The van der Waals surface area contributed by atoms with Crippen LogP contribution in [0.15, 0.2) is 0 Å². The SMILES string of the molecule is CCN(CC)CC1CCN(C(=O)CC2(N)CCC2)CC1. The standard InChI is InChI=1S/C16H31N3O/c1-3-18(4-2)13-14-6-10-19(11-7-14)15(20)12-16(17)8-5-9-16/h14H,3-13,17H2,1-2H3. The smallest absolute Gasteiger partial charge is 0.224 e. The Labute approximate surface area is 123 Å². The Bertz CT molecular complexity index is 316. The first kappa shape index (κ1) is 15.8. The fourth-order valence-electron chi connectivity index (χ4n) is 3.43. The summed E-state index contributed by atoms with van der Waals surface area (Å²) < 4.78 is 0. The van der Waals surface area contributed by atoms with E-state index in [0.717, 1.165) is 57.8 Å². The molecule has 2 aliphatic rings. The molecule has 0 aromatic rings. The van der Waals surface area contributed by atoms with E-state index in [1.54, 1.807) is 0 Å². The van der Waals surface area contributed by atoms with Gasteiger partial charge in [-0.1, -0.05) is 13.8 Å². The lowest BCUT2D eigenvalue weighted by Gasteiger charge is -2.40. The third-order valence-corrected chi connectivity index (χ3v) is 5.23. The van der Waals surface area contributed by atoms with Crippen LogP contribution in [0.4, 0.5) is 0 Å². The van der Waals surface area contributed by atoms with Crippen LogP contribution in [-0.2, 0) is 4.79 Å². The molecule has 4 nitrogen and oxygen atoms in total. The second-order valence-electron chi connectivity index (χ2n) is 6.70. The van der Waals surface area contributed by atoms with E-state index in [1.165, 1.54) is 13.0 Å². The lowest BCUT2D eigenvalue weighted by Crippen LogP contribution is -2.51. The molecule has 0 aromatic heterocycles. The van der Waals surface area contributed by atoms with Crippen molar-refractivity contribution in [3.05, 3.63) is 0 Å². The van der Waals surface area contributed by atoms with Crippen molar-refractivity contribution < 1.29 is 4.79 Å².